The van der Waals surface area contributed by atoms with Crippen LogP contribution in [0.5, 0.6) is 0 Å². The van der Waals surface area contributed by atoms with Gasteiger partial charge in [0.15, 0.2) is 0 Å². The number of benzene rings is 1. The quantitative estimate of drug-likeness (QED) is 0.779. The molecule has 154 valence electrons. The van der Waals surface area contributed by atoms with Crippen molar-refractivity contribution in [2.24, 2.45) is 0 Å². The van der Waals surface area contributed by atoms with Crippen LogP contribution in [0, 0.1) is 11.3 Å². The summed E-state index contributed by atoms with van der Waals surface area (Å²) in [6, 6.07) is 10.3. The molecule has 0 radical (unpaired) electrons. The second-order valence-corrected chi connectivity index (χ2v) is 8.26. The predicted octanol–water partition coefficient (Wildman–Crippen LogP) is 2.73. The average molecular weight is 394 g/mol. The smallest absolute Gasteiger partial charge is 0.101 e. The van der Waals surface area contributed by atoms with Crippen LogP contribution in [0.25, 0.3) is 10.9 Å². The lowest BCUT2D eigenvalue weighted by atomic mass is 10.1. The van der Waals surface area contributed by atoms with Crippen molar-refractivity contribution < 1.29 is 4.74 Å². The fraction of sp³-hybridized carbons (Fsp3) is 0.565. The van der Waals surface area contributed by atoms with Crippen LogP contribution in [0.3, 0.4) is 0 Å². The maximum atomic E-state index is 9.42. The van der Waals surface area contributed by atoms with E-state index in [4.69, 9.17) is 4.74 Å². The first-order chi connectivity index (χ1) is 14.2. The van der Waals surface area contributed by atoms with E-state index in [0.29, 0.717) is 5.56 Å². The molecular weight excluding hydrogens is 362 g/mol. The van der Waals surface area contributed by atoms with Crippen molar-refractivity contribution in [2.75, 3.05) is 57.3 Å². The fourth-order valence-corrected chi connectivity index (χ4v) is 4.67. The molecule has 0 bridgehead atoms. The summed E-state index contributed by atoms with van der Waals surface area (Å²) in [5.74, 6) is 0. The Morgan fingerprint density at radius 3 is 2.69 bits per heavy atom. The van der Waals surface area contributed by atoms with Gasteiger partial charge in [-0.1, -0.05) is 6.92 Å². The third-order valence-electron chi connectivity index (χ3n) is 6.00. The number of hydrogen-bond acceptors (Lipinski definition) is 6. The van der Waals surface area contributed by atoms with Gasteiger partial charge in [-0.05, 0) is 44.2 Å². The summed E-state index contributed by atoms with van der Waals surface area (Å²) >= 11 is 0. The van der Waals surface area contributed by atoms with Gasteiger partial charge in [0, 0.05) is 63.1 Å². The van der Waals surface area contributed by atoms with Crippen LogP contribution in [0.2, 0.25) is 0 Å². The minimum Gasteiger partial charge on any atom is -0.370 e. The summed E-state index contributed by atoms with van der Waals surface area (Å²) in [5.41, 5.74) is 2.57. The van der Waals surface area contributed by atoms with Gasteiger partial charge >= 0.3 is 0 Å². The van der Waals surface area contributed by atoms with E-state index in [9.17, 15) is 5.26 Å². The maximum Gasteiger partial charge on any atom is 0.101 e. The van der Waals surface area contributed by atoms with Gasteiger partial charge < -0.3 is 14.5 Å². The van der Waals surface area contributed by atoms with Crippen molar-refractivity contribution >= 4 is 16.6 Å². The molecule has 3 heterocycles. The number of fused-ring (bicyclic) bond motifs is 1. The second-order valence-electron chi connectivity index (χ2n) is 8.26. The van der Waals surface area contributed by atoms with E-state index in [2.05, 4.69) is 51.7 Å². The number of rotatable bonds is 5. The summed E-state index contributed by atoms with van der Waals surface area (Å²) in [7, 11) is 0. The van der Waals surface area contributed by atoms with Crippen LogP contribution in [0.15, 0.2) is 30.5 Å². The molecule has 29 heavy (non-hydrogen) atoms. The van der Waals surface area contributed by atoms with Crippen LogP contribution >= 0.6 is 0 Å². The minimum atomic E-state index is 0.178. The molecule has 2 aliphatic rings. The van der Waals surface area contributed by atoms with Crippen molar-refractivity contribution in [3.05, 3.63) is 36.0 Å². The monoisotopic (exact) mass is 393 g/mol. The van der Waals surface area contributed by atoms with E-state index in [1.807, 2.05) is 12.1 Å². The molecule has 2 aromatic rings. The summed E-state index contributed by atoms with van der Waals surface area (Å²) in [5, 5.41) is 10.5. The topological polar surface area (TPSA) is 55.6 Å². The van der Waals surface area contributed by atoms with Gasteiger partial charge in [0.05, 0.1) is 23.3 Å². The van der Waals surface area contributed by atoms with Gasteiger partial charge in [-0.15, -0.1) is 0 Å². The number of nitriles is 1. The normalized spacial score (nSPS) is 24.0. The Hall–Kier alpha value is -2.20. The van der Waals surface area contributed by atoms with Gasteiger partial charge in [-0.3, -0.25) is 9.88 Å². The number of nitrogens with zero attached hydrogens (tertiary/aromatic N) is 5. The van der Waals surface area contributed by atoms with E-state index in [0.717, 1.165) is 62.4 Å². The number of ether oxygens (including phenoxy) is 1. The molecule has 0 amide bonds. The second kappa shape index (κ2) is 9.08. The van der Waals surface area contributed by atoms with E-state index in [-0.39, 0.29) is 12.2 Å². The highest BCUT2D eigenvalue weighted by Crippen LogP contribution is 2.30. The molecule has 2 atom stereocenters. The lowest BCUT2D eigenvalue weighted by Gasteiger charge is -2.42. The van der Waals surface area contributed by atoms with E-state index in [1.54, 1.807) is 6.20 Å². The van der Waals surface area contributed by atoms with Crippen LogP contribution < -0.4 is 4.90 Å². The molecular formula is C23H31N5O. The molecule has 4 rings (SSSR count). The zero-order valence-electron chi connectivity index (χ0n) is 17.5. The van der Waals surface area contributed by atoms with E-state index < -0.39 is 0 Å². The van der Waals surface area contributed by atoms with E-state index >= 15 is 0 Å². The van der Waals surface area contributed by atoms with Gasteiger partial charge in [0.2, 0.25) is 0 Å². The summed E-state index contributed by atoms with van der Waals surface area (Å²) in [6.07, 6.45) is 3.36. The molecule has 0 aliphatic carbocycles. The zero-order valence-corrected chi connectivity index (χ0v) is 17.5. The highest BCUT2D eigenvalue weighted by molar-refractivity contribution is 5.95. The van der Waals surface area contributed by atoms with Crippen molar-refractivity contribution in [1.82, 2.24) is 14.8 Å². The third-order valence-corrected chi connectivity index (χ3v) is 6.00. The van der Waals surface area contributed by atoms with E-state index in [1.165, 1.54) is 13.0 Å². The van der Waals surface area contributed by atoms with Gasteiger partial charge in [0.25, 0.3) is 0 Å². The SMILES string of the molecule is CCCN1CCN(C[C@H]2CN(c3ccc(C#N)c4ncccc34)C[C@@H](C)O2)CC1. The first kappa shape index (κ1) is 20.1. The summed E-state index contributed by atoms with van der Waals surface area (Å²) in [4.78, 5) is 12.0. The van der Waals surface area contributed by atoms with Crippen molar-refractivity contribution in [2.45, 2.75) is 32.5 Å². The fourth-order valence-electron chi connectivity index (χ4n) is 4.67. The number of anilines is 1. The highest BCUT2D eigenvalue weighted by atomic mass is 16.5. The lowest BCUT2D eigenvalue weighted by Crippen LogP contribution is -2.54. The number of morpholine rings is 1. The van der Waals surface area contributed by atoms with Crippen LogP contribution in [-0.2, 0) is 4.74 Å². The Morgan fingerprint density at radius 2 is 1.93 bits per heavy atom. The highest BCUT2D eigenvalue weighted by Gasteiger charge is 2.29. The predicted molar refractivity (Wildman–Crippen MR) is 116 cm³/mol. The molecule has 2 aliphatic heterocycles. The largest absolute Gasteiger partial charge is 0.370 e. The summed E-state index contributed by atoms with van der Waals surface area (Å²) < 4.78 is 6.31. The molecule has 6 heteroatoms. The lowest BCUT2D eigenvalue weighted by molar-refractivity contribution is -0.0377. The van der Waals surface area contributed by atoms with Crippen LogP contribution in [0.1, 0.15) is 25.8 Å². The minimum absolute atomic E-state index is 0.178. The first-order valence-corrected chi connectivity index (χ1v) is 10.8. The van der Waals surface area contributed by atoms with Gasteiger partial charge in [0.1, 0.15) is 6.07 Å². The molecule has 6 nitrogen and oxygen atoms in total. The Balaban J connectivity index is 1.47. The molecule has 0 N–H and O–H groups in total. The van der Waals surface area contributed by atoms with Crippen molar-refractivity contribution in [3.8, 4) is 6.07 Å². The van der Waals surface area contributed by atoms with Crippen LogP contribution in [-0.4, -0.2) is 79.3 Å². The first-order valence-electron chi connectivity index (χ1n) is 10.8. The molecule has 1 aromatic heterocycles. The molecule has 1 aromatic carbocycles. The Morgan fingerprint density at radius 1 is 1.14 bits per heavy atom. The summed E-state index contributed by atoms with van der Waals surface area (Å²) in [6.45, 7) is 12.9. The Labute approximate surface area is 173 Å². The number of piperazine rings is 1. The standard InChI is InChI=1S/C23H31N5O/c1-3-9-26-10-12-27(13-11-26)16-20-17-28(15-18(2)29-20)22-7-6-19(14-24)23-21(22)5-4-8-25-23/h4-8,18,20H,3,9-13,15-17H2,1-2H3/t18-,20+/m1/s1. The number of aromatic nitrogens is 1. The Bertz CT molecular complexity index is 871. The van der Waals surface area contributed by atoms with Crippen LogP contribution in [0.4, 0.5) is 5.69 Å². The van der Waals surface area contributed by atoms with Gasteiger partial charge in [-0.2, -0.15) is 5.26 Å². The van der Waals surface area contributed by atoms with Crippen molar-refractivity contribution in [3.63, 3.8) is 0 Å². The zero-order chi connectivity index (χ0) is 20.2. The molecule has 0 unspecified atom stereocenters. The molecule has 0 saturated carbocycles. The molecule has 2 saturated heterocycles. The third kappa shape index (κ3) is 4.53. The molecule has 2 fully saturated rings. The number of hydrogen-bond donors (Lipinski definition) is 0. The average Bonchev–Trinajstić information content (AvgIpc) is 2.74. The number of pyridine rings is 1. The van der Waals surface area contributed by atoms with Gasteiger partial charge in [-0.25, -0.2) is 0 Å². The Kier molecular flexibility index (Phi) is 6.29. The van der Waals surface area contributed by atoms with Crippen molar-refractivity contribution in [1.29, 1.82) is 5.26 Å². The maximum absolute atomic E-state index is 9.42. The molecule has 0 spiro atoms.